The summed E-state index contributed by atoms with van der Waals surface area (Å²) in [5, 5.41) is 13.2. The molecule has 0 bridgehead atoms. The average Bonchev–Trinajstić information content (AvgIpc) is 3.33. The van der Waals surface area contributed by atoms with Crippen LogP contribution in [0, 0.1) is 0 Å². The molecule has 1 aliphatic heterocycles. The van der Waals surface area contributed by atoms with E-state index in [9.17, 15) is 5.11 Å². The summed E-state index contributed by atoms with van der Waals surface area (Å²) in [4.78, 5) is 9.48. The highest BCUT2D eigenvalue weighted by molar-refractivity contribution is 7.13. The molecule has 1 aliphatic carbocycles. The van der Waals surface area contributed by atoms with Crippen molar-refractivity contribution in [2.45, 2.75) is 37.9 Å². The molecule has 1 N–H and O–H groups in total. The molecule has 0 spiro atoms. The van der Waals surface area contributed by atoms with Gasteiger partial charge < -0.3 is 10.0 Å². The Morgan fingerprint density at radius 3 is 2.96 bits per heavy atom. The van der Waals surface area contributed by atoms with Gasteiger partial charge in [0.25, 0.3) is 0 Å². The Morgan fingerprint density at radius 1 is 1.35 bits per heavy atom. The van der Waals surface area contributed by atoms with Gasteiger partial charge in [-0.15, -0.1) is 11.3 Å². The second kappa shape index (κ2) is 6.23. The van der Waals surface area contributed by atoms with Gasteiger partial charge in [-0.3, -0.25) is 4.90 Å². The minimum absolute atomic E-state index is 0.0891. The molecule has 1 saturated carbocycles. The summed E-state index contributed by atoms with van der Waals surface area (Å²) < 4.78 is 0. The summed E-state index contributed by atoms with van der Waals surface area (Å²) in [6.45, 7) is 1.96. The first-order valence-corrected chi connectivity index (χ1v) is 9.24. The third kappa shape index (κ3) is 3.01. The Hall–Kier alpha value is -1.43. The van der Waals surface area contributed by atoms with Gasteiger partial charge in [0.2, 0.25) is 0 Å². The van der Waals surface area contributed by atoms with Crippen LogP contribution >= 0.6 is 11.3 Å². The summed E-state index contributed by atoms with van der Waals surface area (Å²) >= 11 is 1.73. The van der Waals surface area contributed by atoms with Gasteiger partial charge in [0.15, 0.2) is 5.13 Å². The Balaban J connectivity index is 1.50. The number of aromatic nitrogens is 1. The molecule has 0 saturated heterocycles. The lowest BCUT2D eigenvalue weighted by Crippen LogP contribution is -2.37. The number of hydrogen-bond acceptors (Lipinski definition) is 5. The van der Waals surface area contributed by atoms with Crippen LogP contribution in [0.4, 0.5) is 5.13 Å². The highest BCUT2D eigenvalue weighted by atomic mass is 32.1. The van der Waals surface area contributed by atoms with E-state index in [1.165, 1.54) is 24.0 Å². The molecule has 23 heavy (non-hydrogen) atoms. The number of hydrogen-bond donors (Lipinski definition) is 1. The van der Waals surface area contributed by atoms with E-state index in [1.54, 1.807) is 11.3 Å². The molecule has 2 aromatic rings. The van der Waals surface area contributed by atoms with Crippen LogP contribution in [0.5, 0.6) is 0 Å². The molecule has 0 radical (unpaired) electrons. The summed E-state index contributed by atoms with van der Waals surface area (Å²) in [6, 6.07) is 9.27. The number of aliphatic hydroxyl groups is 1. The first kappa shape index (κ1) is 15.1. The Labute approximate surface area is 141 Å². The number of anilines is 1. The van der Waals surface area contributed by atoms with Crippen molar-refractivity contribution in [2.75, 3.05) is 25.1 Å². The van der Waals surface area contributed by atoms with Crippen LogP contribution in [0.3, 0.4) is 0 Å². The normalized spacial score (nSPS) is 21.2. The van der Waals surface area contributed by atoms with Crippen molar-refractivity contribution in [3.05, 3.63) is 46.5 Å². The zero-order chi connectivity index (χ0) is 15.8. The van der Waals surface area contributed by atoms with Gasteiger partial charge in [0.05, 0.1) is 18.3 Å². The smallest absolute Gasteiger partial charge is 0.185 e. The van der Waals surface area contributed by atoms with E-state index >= 15 is 0 Å². The standard InChI is InChI=1S/C18H23N3OS/c1-20(15-6-7-15)18-19-14(12-23-18)10-21-9-8-13-4-2-3-5-16(13)17(21)11-22/h2-5,12,15,17,22H,6-11H2,1H3. The largest absolute Gasteiger partial charge is 0.394 e. The average molecular weight is 329 g/mol. The summed E-state index contributed by atoms with van der Waals surface area (Å²) in [6.07, 6.45) is 3.63. The molecule has 122 valence electrons. The topological polar surface area (TPSA) is 39.6 Å². The van der Waals surface area contributed by atoms with Gasteiger partial charge in [0, 0.05) is 31.6 Å². The number of rotatable bonds is 5. The first-order chi connectivity index (χ1) is 11.3. The van der Waals surface area contributed by atoms with Gasteiger partial charge >= 0.3 is 0 Å². The zero-order valence-electron chi connectivity index (χ0n) is 13.5. The number of nitrogens with zero attached hydrogens (tertiary/aromatic N) is 3. The molecule has 1 atom stereocenters. The maximum Gasteiger partial charge on any atom is 0.185 e. The molecule has 1 unspecified atom stereocenters. The molecule has 0 amide bonds. The van der Waals surface area contributed by atoms with E-state index in [2.05, 4.69) is 46.5 Å². The van der Waals surface area contributed by atoms with Crippen molar-refractivity contribution >= 4 is 16.5 Å². The molecule has 4 nitrogen and oxygen atoms in total. The van der Waals surface area contributed by atoms with Crippen LogP contribution in [0.1, 0.15) is 35.7 Å². The predicted molar refractivity (Wildman–Crippen MR) is 93.9 cm³/mol. The van der Waals surface area contributed by atoms with Gasteiger partial charge in [-0.1, -0.05) is 24.3 Å². The number of benzene rings is 1. The third-order valence-electron chi connectivity index (χ3n) is 5.00. The summed E-state index contributed by atoms with van der Waals surface area (Å²) in [7, 11) is 2.15. The van der Waals surface area contributed by atoms with Crippen molar-refractivity contribution in [1.82, 2.24) is 9.88 Å². The van der Waals surface area contributed by atoms with Crippen molar-refractivity contribution in [3.63, 3.8) is 0 Å². The number of fused-ring (bicyclic) bond motifs is 1. The lowest BCUT2D eigenvalue weighted by molar-refractivity contribution is 0.107. The van der Waals surface area contributed by atoms with Crippen LogP contribution in [0.2, 0.25) is 0 Å². The molecule has 4 rings (SSSR count). The first-order valence-electron chi connectivity index (χ1n) is 8.36. The third-order valence-corrected chi connectivity index (χ3v) is 5.98. The van der Waals surface area contributed by atoms with E-state index in [1.807, 2.05) is 0 Å². The molecule has 1 fully saturated rings. The Bertz CT molecular complexity index is 682. The maximum atomic E-state index is 9.89. The SMILES string of the molecule is CN(c1nc(CN2CCc3ccccc3C2CO)cs1)C1CC1. The maximum absolute atomic E-state index is 9.89. The summed E-state index contributed by atoms with van der Waals surface area (Å²) in [5.41, 5.74) is 3.76. The quantitative estimate of drug-likeness (QED) is 0.916. The Kier molecular flexibility index (Phi) is 4.09. The van der Waals surface area contributed by atoms with Crippen molar-refractivity contribution < 1.29 is 5.11 Å². The number of aliphatic hydroxyl groups excluding tert-OH is 1. The van der Waals surface area contributed by atoms with Gasteiger partial charge in [-0.05, 0) is 30.4 Å². The molecule has 2 heterocycles. The fraction of sp³-hybridized carbons (Fsp3) is 0.500. The van der Waals surface area contributed by atoms with Crippen molar-refractivity contribution in [3.8, 4) is 0 Å². The molecule has 2 aliphatic rings. The molecular weight excluding hydrogens is 306 g/mol. The van der Waals surface area contributed by atoms with Crippen LogP contribution in [-0.4, -0.2) is 41.2 Å². The van der Waals surface area contributed by atoms with Gasteiger partial charge in [-0.25, -0.2) is 4.98 Å². The highest BCUT2D eigenvalue weighted by Gasteiger charge is 2.29. The van der Waals surface area contributed by atoms with E-state index in [-0.39, 0.29) is 12.6 Å². The summed E-state index contributed by atoms with van der Waals surface area (Å²) in [5.74, 6) is 0. The van der Waals surface area contributed by atoms with E-state index in [0.29, 0.717) is 6.04 Å². The second-order valence-corrected chi connectivity index (χ2v) is 7.42. The van der Waals surface area contributed by atoms with E-state index < -0.39 is 0 Å². The Morgan fingerprint density at radius 2 is 2.17 bits per heavy atom. The van der Waals surface area contributed by atoms with Crippen LogP contribution in [-0.2, 0) is 13.0 Å². The monoisotopic (exact) mass is 329 g/mol. The lowest BCUT2D eigenvalue weighted by Gasteiger charge is -2.35. The van der Waals surface area contributed by atoms with E-state index in [4.69, 9.17) is 4.98 Å². The fourth-order valence-corrected chi connectivity index (χ4v) is 4.32. The fourth-order valence-electron chi connectivity index (χ4n) is 3.46. The highest BCUT2D eigenvalue weighted by Crippen LogP contribution is 2.34. The van der Waals surface area contributed by atoms with Crippen LogP contribution in [0.15, 0.2) is 29.6 Å². The lowest BCUT2D eigenvalue weighted by atomic mass is 9.93. The minimum Gasteiger partial charge on any atom is -0.394 e. The predicted octanol–water partition coefficient (Wildman–Crippen LogP) is 2.83. The van der Waals surface area contributed by atoms with Crippen molar-refractivity contribution in [1.29, 1.82) is 0 Å². The molecule has 1 aromatic heterocycles. The minimum atomic E-state index is 0.0891. The van der Waals surface area contributed by atoms with Gasteiger partial charge in [-0.2, -0.15) is 0 Å². The van der Waals surface area contributed by atoms with Crippen LogP contribution in [0.25, 0.3) is 0 Å². The van der Waals surface area contributed by atoms with E-state index in [0.717, 1.165) is 30.3 Å². The molecule has 5 heteroatoms. The van der Waals surface area contributed by atoms with Crippen LogP contribution < -0.4 is 4.90 Å². The molecule has 1 aromatic carbocycles. The second-order valence-electron chi connectivity index (χ2n) is 6.58. The van der Waals surface area contributed by atoms with Crippen molar-refractivity contribution in [2.24, 2.45) is 0 Å². The zero-order valence-corrected chi connectivity index (χ0v) is 14.3. The van der Waals surface area contributed by atoms with Gasteiger partial charge in [0.1, 0.15) is 0 Å². The number of thiazole rings is 1. The molecular formula is C18H23N3OS.